The summed E-state index contributed by atoms with van der Waals surface area (Å²) >= 11 is 6.03. The molecule has 0 radical (unpaired) electrons. The van der Waals surface area contributed by atoms with Crippen molar-refractivity contribution in [1.29, 1.82) is 0 Å². The second-order valence-electron chi connectivity index (χ2n) is 5.78. The molecule has 1 aliphatic heterocycles. The fraction of sp³-hybridized carbons (Fsp3) is 0.625. The quantitative estimate of drug-likeness (QED) is 0.841. The van der Waals surface area contributed by atoms with E-state index in [4.69, 9.17) is 11.6 Å². The highest BCUT2D eigenvalue weighted by Gasteiger charge is 2.37. The Morgan fingerprint density at radius 3 is 2.67 bits per heavy atom. The average Bonchev–Trinajstić information content (AvgIpc) is 2.91. The number of amides is 1. The lowest BCUT2D eigenvalue weighted by Gasteiger charge is -2.26. The normalized spacial score (nSPS) is 17.0. The van der Waals surface area contributed by atoms with Gasteiger partial charge < -0.3 is 10.2 Å². The lowest BCUT2D eigenvalue weighted by atomic mass is 9.82. The Morgan fingerprint density at radius 2 is 2.10 bits per heavy atom. The Bertz CT molecular complexity index is 514. The van der Waals surface area contributed by atoms with Gasteiger partial charge in [0.1, 0.15) is 11.0 Å². The Labute approximate surface area is 131 Å². The summed E-state index contributed by atoms with van der Waals surface area (Å²) in [4.78, 5) is 18.8. The summed E-state index contributed by atoms with van der Waals surface area (Å²) in [6.07, 6.45) is 3.32. The topological polar surface area (TPSA) is 45.2 Å². The molecule has 5 heteroatoms. The summed E-state index contributed by atoms with van der Waals surface area (Å²) in [6, 6.07) is 3.44. The third-order valence-electron chi connectivity index (χ3n) is 4.62. The summed E-state index contributed by atoms with van der Waals surface area (Å²) in [5, 5.41) is 3.46. The van der Waals surface area contributed by atoms with Crippen LogP contribution in [0, 0.1) is 5.41 Å². The van der Waals surface area contributed by atoms with Gasteiger partial charge in [0.2, 0.25) is 0 Å². The number of hydrogen-bond acceptors (Lipinski definition) is 3. The van der Waals surface area contributed by atoms with Gasteiger partial charge in [0, 0.05) is 25.2 Å². The number of nitrogens with zero attached hydrogens (tertiary/aromatic N) is 2. The van der Waals surface area contributed by atoms with Gasteiger partial charge in [-0.15, -0.1) is 0 Å². The number of rotatable bonds is 5. The molecule has 0 aliphatic carbocycles. The van der Waals surface area contributed by atoms with Crippen LogP contribution in [0.5, 0.6) is 0 Å². The molecule has 2 rings (SSSR count). The van der Waals surface area contributed by atoms with Crippen LogP contribution < -0.4 is 5.32 Å². The highest BCUT2D eigenvalue weighted by molar-refractivity contribution is 6.29. The minimum atomic E-state index is 0.0576. The van der Waals surface area contributed by atoms with E-state index in [0.717, 1.165) is 38.9 Å². The lowest BCUT2D eigenvalue weighted by molar-refractivity contribution is 0.0770. The third-order valence-corrected chi connectivity index (χ3v) is 4.82. The predicted molar refractivity (Wildman–Crippen MR) is 86.9 cm³/mol. The van der Waals surface area contributed by atoms with E-state index in [2.05, 4.69) is 24.1 Å². The summed E-state index contributed by atoms with van der Waals surface area (Å²) in [5.74, 6) is 0.715. The van der Waals surface area contributed by atoms with Crippen LogP contribution in [0.4, 0.5) is 5.82 Å². The summed E-state index contributed by atoms with van der Waals surface area (Å²) < 4.78 is 0. The van der Waals surface area contributed by atoms with Gasteiger partial charge in [-0.2, -0.15) is 0 Å². The molecule has 1 aliphatic rings. The van der Waals surface area contributed by atoms with Crippen LogP contribution >= 0.6 is 11.6 Å². The number of aromatic nitrogens is 1. The zero-order valence-electron chi connectivity index (χ0n) is 13.1. The van der Waals surface area contributed by atoms with E-state index in [9.17, 15) is 4.79 Å². The average molecular weight is 310 g/mol. The molecule has 1 aromatic rings. The van der Waals surface area contributed by atoms with E-state index in [-0.39, 0.29) is 11.3 Å². The van der Waals surface area contributed by atoms with Crippen molar-refractivity contribution < 1.29 is 4.79 Å². The van der Waals surface area contributed by atoms with E-state index in [1.54, 1.807) is 12.1 Å². The highest BCUT2D eigenvalue weighted by Crippen LogP contribution is 2.37. The van der Waals surface area contributed by atoms with Crippen molar-refractivity contribution in [3.8, 4) is 0 Å². The third kappa shape index (κ3) is 3.49. The molecule has 21 heavy (non-hydrogen) atoms. The monoisotopic (exact) mass is 309 g/mol. The second-order valence-corrected chi connectivity index (χ2v) is 6.17. The molecule has 0 atom stereocenters. The minimum Gasteiger partial charge on any atom is -0.370 e. The van der Waals surface area contributed by atoms with Gasteiger partial charge in [-0.05, 0) is 43.7 Å². The number of nitrogens with one attached hydrogen (secondary N) is 1. The molecule has 0 bridgehead atoms. The largest absolute Gasteiger partial charge is 0.370 e. The molecular formula is C16H24ClN3O. The van der Waals surface area contributed by atoms with Gasteiger partial charge in [-0.1, -0.05) is 25.4 Å². The first-order valence-corrected chi connectivity index (χ1v) is 8.12. The molecule has 1 saturated heterocycles. The molecule has 1 N–H and O–H groups in total. The van der Waals surface area contributed by atoms with Crippen LogP contribution in [0.25, 0.3) is 0 Å². The first kappa shape index (κ1) is 16.1. The summed E-state index contributed by atoms with van der Waals surface area (Å²) in [7, 11) is 0. The lowest BCUT2D eigenvalue weighted by Crippen LogP contribution is -2.31. The molecule has 1 aromatic heterocycles. The Morgan fingerprint density at radius 1 is 1.38 bits per heavy atom. The van der Waals surface area contributed by atoms with Crippen molar-refractivity contribution in [3.05, 3.63) is 22.8 Å². The van der Waals surface area contributed by atoms with Crippen LogP contribution in [0.2, 0.25) is 5.15 Å². The van der Waals surface area contributed by atoms with Gasteiger partial charge >= 0.3 is 0 Å². The summed E-state index contributed by atoms with van der Waals surface area (Å²) in [6.45, 7) is 8.83. The van der Waals surface area contributed by atoms with Gasteiger partial charge in [0.15, 0.2) is 0 Å². The maximum absolute atomic E-state index is 12.7. The first-order chi connectivity index (χ1) is 10.0. The van der Waals surface area contributed by atoms with Gasteiger partial charge in [0.05, 0.1) is 0 Å². The SMILES string of the molecule is CCNc1cc(C(=O)N2CCC(CC)(CC)C2)cc(Cl)n1. The van der Waals surface area contributed by atoms with E-state index >= 15 is 0 Å². The Hall–Kier alpha value is -1.29. The number of hydrogen-bond donors (Lipinski definition) is 1. The van der Waals surface area contributed by atoms with Crippen molar-refractivity contribution in [1.82, 2.24) is 9.88 Å². The van der Waals surface area contributed by atoms with Crippen LogP contribution in [0.3, 0.4) is 0 Å². The van der Waals surface area contributed by atoms with E-state index in [1.807, 2.05) is 11.8 Å². The fourth-order valence-electron chi connectivity index (χ4n) is 3.01. The van der Waals surface area contributed by atoms with Crippen molar-refractivity contribution >= 4 is 23.3 Å². The Kier molecular flexibility index (Phi) is 5.09. The number of likely N-dealkylation sites (tertiary alicyclic amines) is 1. The molecular weight excluding hydrogens is 286 g/mol. The van der Waals surface area contributed by atoms with E-state index in [0.29, 0.717) is 16.5 Å². The summed E-state index contributed by atoms with van der Waals surface area (Å²) in [5.41, 5.74) is 0.908. The van der Waals surface area contributed by atoms with Crippen molar-refractivity contribution in [2.24, 2.45) is 5.41 Å². The molecule has 1 amide bonds. The number of pyridine rings is 1. The van der Waals surface area contributed by atoms with Crippen LogP contribution in [-0.2, 0) is 0 Å². The molecule has 0 aromatic carbocycles. The maximum atomic E-state index is 12.7. The van der Waals surface area contributed by atoms with Crippen molar-refractivity contribution in [2.45, 2.75) is 40.0 Å². The fourth-order valence-corrected chi connectivity index (χ4v) is 3.22. The zero-order valence-corrected chi connectivity index (χ0v) is 13.8. The van der Waals surface area contributed by atoms with E-state index in [1.165, 1.54) is 0 Å². The zero-order chi connectivity index (χ0) is 15.5. The van der Waals surface area contributed by atoms with Crippen molar-refractivity contribution in [2.75, 3.05) is 25.0 Å². The molecule has 116 valence electrons. The molecule has 2 heterocycles. The first-order valence-electron chi connectivity index (χ1n) is 7.74. The second kappa shape index (κ2) is 6.65. The molecule has 0 saturated carbocycles. The Balaban J connectivity index is 2.17. The van der Waals surface area contributed by atoms with Gasteiger partial charge in [0.25, 0.3) is 5.91 Å². The predicted octanol–water partition coefficient (Wildman–Crippen LogP) is 3.82. The molecule has 0 spiro atoms. The van der Waals surface area contributed by atoms with Gasteiger partial charge in [-0.25, -0.2) is 4.98 Å². The number of carbonyl (C=O) groups excluding carboxylic acids is 1. The molecule has 4 nitrogen and oxygen atoms in total. The minimum absolute atomic E-state index is 0.0576. The number of carbonyl (C=O) groups is 1. The number of anilines is 1. The molecule has 0 unspecified atom stereocenters. The number of halogens is 1. The van der Waals surface area contributed by atoms with Crippen LogP contribution in [0.15, 0.2) is 12.1 Å². The smallest absolute Gasteiger partial charge is 0.254 e. The standard InChI is InChI=1S/C16H24ClN3O/c1-4-16(5-2)7-8-20(11-16)15(21)12-9-13(17)19-14(10-12)18-6-3/h9-10H,4-8,11H2,1-3H3,(H,18,19). The molecule has 1 fully saturated rings. The highest BCUT2D eigenvalue weighted by atomic mass is 35.5. The van der Waals surface area contributed by atoms with Gasteiger partial charge in [-0.3, -0.25) is 4.79 Å². The van der Waals surface area contributed by atoms with Crippen LogP contribution in [0.1, 0.15) is 50.4 Å². The van der Waals surface area contributed by atoms with Crippen LogP contribution in [-0.4, -0.2) is 35.4 Å². The van der Waals surface area contributed by atoms with E-state index < -0.39 is 0 Å². The van der Waals surface area contributed by atoms with Crippen molar-refractivity contribution in [3.63, 3.8) is 0 Å². The maximum Gasteiger partial charge on any atom is 0.254 e.